The molecule has 0 radical (unpaired) electrons. The number of primary amides is 1. The Hall–Kier alpha value is -3.86. The molecule has 0 spiro atoms. The van der Waals surface area contributed by atoms with Gasteiger partial charge in [0.2, 0.25) is 5.88 Å². The van der Waals surface area contributed by atoms with Gasteiger partial charge in [0.25, 0.3) is 12.3 Å². The Morgan fingerprint density at radius 3 is 2.68 bits per heavy atom. The van der Waals surface area contributed by atoms with Gasteiger partial charge in [0.05, 0.1) is 28.2 Å². The van der Waals surface area contributed by atoms with E-state index >= 15 is 0 Å². The average molecular weight is 513 g/mol. The number of ether oxygens (including phenoxy) is 1. The number of alkyl halides is 2. The zero-order valence-corrected chi connectivity index (χ0v) is 21.2. The summed E-state index contributed by atoms with van der Waals surface area (Å²) >= 11 is 0. The maximum absolute atomic E-state index is 13.8. The van der Waals surface area contributed by atoms with E-state index < -0.39 is 23.4 Å². The van der Waals surface area contributed by atoms with E-state index in [0.717, 1.165) is 0 Å². The fraction of sp³-hybridized carbons (Fsp3) is 0.385. The zero-order valence-electron chi connectivity index (χ0n) is 21.2. The van der Waals surface area contributed by atoms with Crippen molar-refractivity contribution in [3.05, 3.63) is 59.0 Å². The van der Waals surface area contributed by atoms with Crippen LogP contribution in [0.15, 0.2) is 36.5 Å². The molecule has 3 aromatic rings. The third-order valence-corrected chi connectivity index (χ3v) is 6.09. The molecule has 0 unspecified atom stereocenters. The summed E-state index contributed by atoms with van der Waals surface area (Å²) in [4.78, 5) is 31.1. The van der Waals surface area contributed by atoms with Gasteiger partial charge in [0.15, 0.2) is 5.78 Å². The van der Waals surface area contributed by atoms with E-state index in [2.05, 4.69) is 15.4 Å². The van der Waals surface area contributed by atoms with Crippen molar-refractivity contribution < 1.29 is 23.1 Å². The highest BCUT2D eigenvalue weighted by Crippen LogP contribution is 2.40. The number of Topliss-reactive ketones (excluding diaryl/α,β-unsaturated/α-hetero) is 1. The predicted octanol–water partition coefficient (Wildman–Crippen LogP) is 4.14. The van der Waals surface area contributed by atoms with E-state index in [1.807, 2.05) is 32.8 Å². The first-order valence-electron chi connectivity index (χ1n) is 11.8. The number of nitrogens with two attached hydrogens (primary N) is 1. The molecule has 1 amide bonds. The predicted molar refractivity (Wildman–Crippen MR) is 135 cm³/mol. The topological polar surface area (TPSA) is 115 Å². The van der Waals surface area contributed by atoms with Crippen LogP contribution in [0.4, 0.5) is 20.2 Å². The average Bonchev–Trinajstić information content (AvgIpc) is 3.18. The van der Waals surface area contributed by atoms with Crippen molar-refractivity contribution in [3.8, 4) is 11.6 Å². The highest BCUT2D eigenvalue weighted by atomic mass is 19.3. The lowest BCUT2D eigenvalue weighted by molar-refractivity contribution is 0.0896. The Balaban J connectivity index is 1.73. The highest BCUT2D eigenvalue weighted by molar-refractivity contribution is 6.01. The molecule has 1 aromatic carbocycles. The van der Waals surface area contributed by atoms with Crippen molar-refractivity contribution in [1.29, 1.82) is 0 Å². The smallest absolute Gasteiger partial charge is 0.282 e. The second kappa shape index (κ2) is 10.3. The van der Waals surface area contributed by atoms with Crippen LogP contribution in [0.5, 0.6) is 5.88 Å². The molecule has 9 nitrogen and oxygen atoms in total. The van der Waals surface area contributed by atoms with Crippen LogP contribution in [-0.4, -0.2) is 58.6 Å². The van der Waals surface area contributed by atoms with Crippen LogP contribution in [0.3, 0.4) is 0 Å². The summed E-state index contributed by atoms with van der Waals surface area (Å²) < 4.78 is 34.7. The fourth-order valence-electron chi connectivity index (χ4n) is 4.38. The van der Waals surface area contributed by atoms with Crippen LogP contribution in [0.25, 0.3) is 5.69 Å². The van der Waals surface area contributed by atoms with E-state index in [-0.39, 0.29) is 23.3 Å². The van der Waals surface area contributed by atoms with Crippen LogP contribution >= 0.6 is 0 Å². The van der Waals surface area contributed by atoms with Crippen LogP contribution in [0, 0.1) is 5.41 Å². The van der Waals surface area contributed by atoms with Gasteiger partial charge in [-0.3, -0.25) is 9.59 Å². The maximum Gasteiger partial charge on any atom is 0.282 e. The minimum Gasteiger partial charge on any atom is -0.476 e. The molecule has 3 N–H and O–H groups in total. The lowest BCUT2D eigenvalue weighted by Gasteiger charge is -2.29. The minimum absolute atomic E-state index is 0.0172. The molecular formula is C26H30F2N6O3. The van der Waals surface area contributed by atoms with Crippen LogP contribution in [-0.2, 0) is 6.42 Å². The van der Waals surface area contributed by atoms with Gasteiger partial charge in [-0.05, 0) is 50.2 Å². The summed E-state index contributed by atoms with van der Waals surface area (Å²) in [6, 6.07) is 8.05. The lowest BCUT2D eigenvalue weighted by Crippen LogP contribution is -2.28. The largest absolute Gasteiger partial charge is 0.476 e. The molecule has 4 rings (SSSR count). The number of pyridine rings is 1. The van der Waals surface area contributed by atoms with Crippen LogP contribution < -0.4 is 15.8 Å². The van der Waals surface area contributed by atoms with Gasteiger partial charge in [-0.2, -0.15) is 5.10 Å². The van der Waals surface area contributed by atoms with Gasteiger partial charge >= 0.3 is 0 Å². The number of hydrogen-bond acceptors (Lipinski definition) is 7. The monoisotopic (exact) mass is 512 g/mol. The van der Waals surface area contributed by atoms with Crippen molar-refractivity contribution in [2.75, 3.05) is 32.6 Å². The normalized spacial score (nSPS) is 14.6. The Morgan fingerprint density at radius 1 is 1.24 bits per heavy atom. The minimum atomic E-state index is -2.90. The van der Waals surface area contributed by atoms with Gasteiger partial charge in [-0.15, -0.1) is 0 Å². The summed E-state index contributed by atoms with van der Waals surface area (Å²) in [6.07, 6.45) is -0.773. The molecule has 1 aliphatic carbocycles. The highest BCUT2D eigenvalue weighted by Gasteiger charge is 2.38. The zero-order chi connectivity index (χ0) is 26.9. The number of fused-ring (bicyclic) bond motifs is 1. The van der Waals surface area contributed by atoms with E-state index in [1.54, 1.807) is 30.5 Å². The van der Waals surface area contributed by atoms with Crippen LogP contribution in [0.2, 0.25) is 0 Å². The van der Waals surface area contributed by atoms with Gasteiger partial charge in [0, 0.05) is 30.9 Å². The van der Waals surface area contributed by atoms with Gasteiger partial charge in [-0.25, -0.2) is 18.4 Å². The number of nitrogens with zero attached hydrogens (tertiary/aromatic N) is 4. The third-order valence-electron chi connectivity index (χ3n) is 6.09. The molecule has 1 aliphatic rings. The number of aromatic nitrogens is 3. The summed E-state index contributed by atoms with van der Waals surface area (Å²) in [6.45, 7) is 4.98. The first kappa shape index (κ1) is 26.2. The fourth-order valence-corrected chi connectivity index (χ4v) is 4.38. The number of likely N-dealkylation sites (N-methyl/N-ethyl adjacent to an activating group) is 1. The number of nitrogens with one attached hydrogen (secondary N) is 1. The Kier molecular flexibility index (Phi) is 7.26. The number of benzene rings is 1. The van der Waals surface area contributed by atoms with Crippen molar-refractivity contribution in [2.45, 2.75) is 33.1 Å². The Morgan fingerprint density at radius 2 is 2.00 bits per heavy atom. The Bertz CT molecular complexity index is 1340. The molecular weight excluding hydrogens is 482 g/mol. The summed E-state index contributed by atoms with van der Waals surface area (Å²) in [5.41, 5.74) is 6.62. The third kappa shape index (κ3) is 5.77. The number of halogens is 2. The number of hydrogen-bond donors (Lipinski definition) is 2. The first-order chi connectivity index (χ1) is 17.4. The number of rotatable bonds is 9. The molecule has 2 aromatic heterocycles. The summed E-state index contributed by atoms with van der Waals surface area (Å²) in [7, 11) is 3.87. The number of carbonyl (C=O) groups is 2. The number of ketones is 1. The molecule has 196 valence electrons. The van der Waals surface area contributed by atoms with Gasteiger partial charge in [0.1, 0.15) is 12.3 Å². The molecule has 0 aliphatic heterocycles. The first-order valence-corrected chi connectivity index (χ1v) is 11.8. The lowest BCUT2D eigenvalue weighted by atomic mass is 9.75. The van der Waals surface area contributed by atoms with E-state index in [9.17, 15) is 18.4 Å². The standard InChI is InChI=1S/C26H30F2N6O3/c1-26(2)13-19-22(20(35)14-26)23(24(27)28)32-34(19)16-5-6-17(25(29)36)18(12-16)31-15-7-8-30-21(11-15)37-10-9-33(3)4/h5-8,11-12,24H,9-10,13-14H2,1-4H3,(H2,29,36)(H,30,31). The Labute approximate surface area is 213 Å². The van der Waals surface area contributed by atoms with Gasteiger partial charge < -0.3 is 20.7 Å². The second-order valence-electron chi connectivity index (χ2n) is 10.1. The molecule has 2 heterocycles. The molecule has 0 fully saturated rings. The maximum atomic E-state index is 13.8. The number of carbonyl (C=O) groups excluding carboxylic acids is 2. The molecule has 37 heavy (non-hydrogen) atoms. The quantitative estimate of drug-likeness (QED) is 0.443. The SMILES string of the molecule is CN(C)CCOc1cc(Nc2cc(-n3nc(C(F)F)c4c3CC(C)(C)CC4=O)ccc2C(N)=O)ccn1. The van der Waals surface area contributed by atoms with E-state index in [0.29, 0.717) is 48.2 Å². The van der Waals surface area contributed by atoms with Crippen molar-refractivity contribution in [2.24, 2.45) is 11.1 Å². The summed E-state index contributed by atoms with van der Waals surface area (Å²) in [5.74, 6) is -0.622. The van der Waals surface area contributed by atoms with E-state index in [1.165, 1.54) is 10.7 Å². The summed E-state index contributed by atoms with van der Waals surface area (Å²) in [5, 5.41) is 7.28. The van der Waals surface area contributed by atoms with Crippen molar-refractivity contribution in [3.63, 3.8) is 0 Å². The molecule has 0 atom stereocenters. The molecule has 0 saturated carbocycles. The molecule has 11 heteroatoms. The van der Waals surface area contributed by atoms with E-state index in [4.69, 9.17) is 10.5 Å². The number of amides is 1. The van der Waals surface area contributed by atoms with Gasteiger partial charge in [-0.1, -0.05) is 13.8 Å². The molecule has 0 saturated heterocycles. The molecule has 0 bridgehead atoms. The van der Waals surface area contributed by atoms with Crippen molar-refractivity contribution >= 4 is 23.1 Å². The second-order valence-corrected chi connectivity index (χ2v) is 10.1. The van der Waals surface area contributed by atoms with Crippen LogP contribution in [0.1, 0.15) is 58.8 Å². The van der Waals surface area contributed by atoms with Crippen molar-refractivity contribution in [1.82, 2.24) is 19.7 Å². The number of anilines is 2.